The number of fused-ring (bicyclic) bond motifs is 1. The molecule has 3 aromatic rings. The third kappa shape index (κ3) is 3.30. The fraction of sp³-hybridized carbons (Fsp3) is 0.294. The molecule has 2 aromatic heterocycles. The molecule has 0 saturated heterocycles. The van der Waals surface area contributed by atoms with Crippen LogP contribution in [-0.2, 0) is 6.42 Å². The van der Waals surface area contributed by atoms with Crippen molar-refractivity contribution in [3.8, 4) is 11.5 Å². The second-order valence-electron chi connectivity index (χ2n) is 5.49. The highest BCUT2D eigenvalue weighted by atomic mass is 32.2. The number of aromatic nitrogens is 3. The van der Waals surface area contributed by atoms with Gasteiger partial charge in [-0.3, -0.25) is 0 Å². The monoisotopic (exact) mass is 359 g/mol. The highest BCUT2D eigenvalue weighted by Crippen LogP contribution is 2.41. The molecule has 0 fully saturated rings. The fourth-order valence-electron chi connectivity index (χ4n) is 2.73. The summed E-state index contributed by atoms with van der Waals surface area (Å²) >= 11 is 1.55. The fourth-order valence-corrected chi connectivity index (χ4v) is 3.85. The molecule has 0 spiro atoms. The molecule has 0 radical (unpaired) electrons. The molecular formula is C17H21N5O2S. The van der Waals surface area contributed by atoms with E-state index >= 15 is 0 Å². The van der Waals surface area contributed by atoms with E-state index in [2.05, 4.69) is 21.9 Å². The van der Waals surface area contributed by atoms with E-state index in [1.165, 1.54) is 0 Å². The molecule has 0 aliphatic rings. The predicted molar refractivity (Wildman–Crippen MR) is 100 cm³/mol. The third-order valence-corrected chi connectivity index (χ3v) is 4.94. The van der Waals surface area contributed by atoms with Crippen LogP contribution in [0.15, 0.2) is 28.1 Å². The molecule has 0 saturated carbocycles. The topological polar surface area (TPSA) is 112 Å². The van der Waals surface area contributed by atoms with Gasteiger partial charge < -0.3 is 25.9 Å². The van der Waals surface area contributed by atoms with Gasteiger partial charge in [0.2, 0.25) is 5.95 Å². The molecule has 25 heavy (non-hydrogen) atoms. The van der Waals surface area contributed by atoms with Crippen molar-refractivity contribution in [2.45, 2.75) is 29.7 Å². The number of nitrogens with zero attached hydrogens (tertiary/aromatic N) is 2. The first-order chi connectivity index (χ1) is 12.1. The molecule has 0 bridgehead atoms. The number of ether oxygens (including phenoxy) is 2. The Morgan fingerprint density at radius 1 is 1.16 bits per heavy atom. The first-order valence-corrected chi connectivity index (χ1v) is 8.72. The van der Waals surface area contributed by atoms with E-state index in [0.717, 1.165) is 45.2 Å². The number of benzene rings is 1. The van der Waals surface area contributed by atoms with Crippen LogP contribution >= 0.6 is 11.8 Å². The van der Waals surface area contributed by atoms with Gasteiger partial charge in [-0.15, -0.1) is 0 Å². The van der Waals surface area contributed by atoms with Gasteiger partial charge in [0.15, 0.2) is 0 Å². The van der Waals surface area contributed by atoms with Gasteiger partial charge in [-0.1, -0.05) is 25.1 Å². The highest BCUT2D eigenvalue weighted by Gasteiger charge is 2.18. The zero-order valence-corrected chi connectivity index (χ0v) is 15.2. The Morgan fingerprint density at radius 2 is 1.96 bits per heavy atom. The summed E-state index contributed by atoms with van der Waals surface area (Å²) in [5.74, 6) is 2.09. The minimum absolute atomic E-state index is 0.157. The van der Waals surface area contributed by atoms with Gasteiger partial charge in [0.1, 0.15) is 23.0 Å². The molecule has 0 amide bonds. The maximum Gasteiger partial charge on any atom is 0.223 e. The van der Waals surface area contributed by atoms with Crippen LogP contribution in [0.5, 0.6) is 11.5 Å². The Kier molecular flexibility index (Phi) is 4.89. The summed E-state index contributed by atoms with van der Waals surface area (Å²) in [7, 11) is 3.29. The second-order valence-corrected chi connectivity index (χ2v) is 6.54. The molecule has 0 aliphatic heterocycles. The average Bonchev–Trinajstić information content (AvgIpc) is 2.92. The lowest BCUT2D eigenvalue weighted by Crippen LogP contribution is -2.00. The maximum absolute atomic E-state index is 6.09. The molecule has 3 rings (SSSR count). The molecule has 1 aromatic carbocycles. The van der Waals surface area contributed by atoms with E-state index in [1.807, 2.05) is 18.2 Å². The van der Waals surface area contributed by atoms with Crippen LogP contribution in [0.2, 0.25) is 0 Å². The normalized spacial score (nSPS) is 11.0. The Morgan fingerprint density at radius 3 is 2.64 bits per heavy atom. The molecular weight excluding hydrogens is 338 g/mol. The van der Waals surface area contributed by atoms with Crippen molar-refractivity contribution in [2.75, 3.05) is 25.7 Å². The predicted octanol–water partition coefficient (Wildman–Crippen LogP) is 3.24. The minimum Gasteiger partial charge on any atom is -0.497 e. The summed E-state index contributed by atoms with van der Waals surface area (Å²) in [5.41, 5.74) is 13.6. The summed E-state index contributed by atoms with van der Waals surface area (Å²) in [4.78, 5) is 12.6. The lowest BCUT2D eigenvalue weighted by Gasteiger charge is -2.10. The lowest BCUT2D eigenvalue weighted by molar-refractivity contribution is 0.394. The number of methoxy groups -OCH3 is 2. The number of nitrogen functional groups attached to an aromatic ring is 2. The first-order valence-electron chi connectivity index (χ1n) is 7.90. The average molecular weight is 359 g/mol. The summed E-state index contributed by atoms with van der Waals surface area (Å²) in [6, 6.07) is 5.69. The van der Waals surface area contributed by atoms with Gasteiger partial charge in [0.25, 0.3) is 0 Å². The zero-order valence-electron chi connectivity index (χ0n) is 14.4. The van der Waals surface area contributed by atoms with Gasteiger partial charge in [0, 0.05) is 0 Å². The molecule has 0 aliphatic carbocycles. The van der Waals surface area contributed by atoms with Crippen LogP contribution in [0.4, 0.5) is 11.8 Å². The molecule has 0 unspecified atom stereocenters. The van der Waals surface area contributed by atoms with Crippen molar-refractivity contribution < 1.29 is 9.47 Å². The minimum atomic E-state index is 0.157. The van der Waals surface area contributed by atoms with E-state index in [-0.39, 0.29) is 5.95 Å². The molecule has 5 N–H and O–H groups in total. The van der Waals surface area contributed by atoms with E-state index in [4.69, 9.17) is 20.9 Å². The quantitative estimate of drug-likeness (QED) is 0.619. The Hall–Kier alpha value is -2.61. The van der Waals surface area contributed by atoms with Crippen molar-refractivity contribution in [3.05, 3.63) is 23.8 Å². The van der Waals surface area contributed by atoms with Gasteiger partial charge >= 0.3 is 0 Å². The number of H-pyrrole nitrogens is 1. The van der Waals surface area contributed by atoms with Crippen LogP contribution in [0.25, 0.3) is 11.0 Å². The van der Waals surface area contributed by atoms with Crippen LogP contribution in [0.1, 0.15) is 18.9 Å². The van der Waals surface area contributed by atoms with Crippen LogP contribution in [-0.4, -0.2) is 29.2 Å². The number of nitrogens with one attached hydrogen (secondary N) is 1. The maximum atomic E-state index is 6.09. The lowest BCUT2D eigenvalue weighted by atomic mass is 10.1. The van der Waals surface area contributed by atoms with Crippen LogP contribution in [0.3, 0.4) is 0 Å². The Bertz CT molecular complexity index is 910. The third-order valence-electron chi connectivity index (χ3n) is 3.84. The molecule has 0 atom stereocenters. The molecule has 2 heterocycles. The summed E-state index contributed by atoms with van der Waals surface area (Å²) in [6.45, 7) is 2.12. The number of aromatic amines is 1. The van der Waals surface area contributed by atoms with E-state index < -0.39 is 0 Å². The Labute approximate surface area is 150 Å². The van der Waals surface area contributed by atoms with E-state index in [9.17, 15) is 0 Å². The zero-order chi connectivity index (χ0) is 18.0. The van der Waals surface area contributed by atoms with Gasteiger partial charge in [-0.05, 0) is 30.2 Å². The number of aryl methyl sites for hydroxylation is 1. The highest BCUT2D eigenvalue weighted by molar-refractivity contribution is 7.99. The summed E-state index contributed by atoms with van der Waals surface area (Å²) < 4.78 is 10.8. The van der Waals surface area contributed by atoms with Gasteiger partial charge in [0.05, 0.1) is 29.5 Å². The van der Waals surface area contributed by atoms with Gasteiger partial charge in [-0.25, -0.2) is 0 Å². The standard InChI is InChI=1S/C17H21N5O2S/c1-4-5-10-13-14(18)20-17(19)22-15(13)21-16(10)25-12-8-9(23-2)6-7-11(12)24-3/h6-8H,4-5H2,1-3H3,(H5,18,19,20,21,22). The number of hydrogen-bond donors (Lipinski definition) is 3. The number of nitrogens with two attached hydrogens (primary N) is 2. The Balaban J connectivity index is 2.13. The van der Waals surface area contributed by atoms with Crippen LogP contribution in [0, 0.1) is 0 Å². The van der Waals surface area contributed by atoms with Crippen LogP contribution < -0.4 is 20.9 Å². The largest absolute Gasteiger partial charge is 0.497 e. The number of hydrogen-bond acceptors (Lipinski definition) is 7. The van der Waals surface area contributed by atoms with Crippen molar-refractivity contribution >= 4 is 34.6 Å². The molecule has 8 heteroatoms. The number of rotatable bonds is 6. The van der Waals surface area contributed by atoms with Crippen molar-refractivity contribution in [1.82, 2.24) is 15.0 Å². The molecule has 132 valence electrons. The first kappa shape index (κ1) is 17.2. The summed E-state index contributed by atoms with van der Waals surface area (Å²) in [6.07, 6.45) is 1.83. The van der Waals surface area contributed by atoms with Crippen molar-refractivity contribution in [2.24, 2.45) is 0 Å². The van der Waals surface area contributed by atoms with E-state index in [1.54, 1.807) is 26.0 Å². The SMILES string of the molecule is CCCc1c(Sc2cc(OC)ccc2OC)[nH]c2nc(N)nc(N)c12. The van der Waals surface area contributed by atoms with Crippen molar-refractivity contribution in [3.63, 3.8) is 0 Å². The number of anilines is 2. The second kappa shape index (κ2) is 7.10. The van der Waals surface area contributed by atoms with Crippen molar-refractivity contribution in [1.29, 1.82) is 0 Å². The van der Waals surface area contributed by atoms with E-state index in [0.29, 0.717) is 11.5 Å². The summed E-state index contributed by atoms with van der Waals surface area (Å²) in [5, 5.41) is 1.79. The smallest absolute Gasteiger partial charge is 0.223 e. The van der Waals surface area contributed by atoms with Gasteiger partial charge in [-0.2, -0.15) is 9.97 Å². The molecule has 7 nitrogen and oxygen atoms in total.